The summed E-state index contributed by atoms with van der Waals surface area (Å²) in [6.45, 7) is 5.97. The molecule has 192 valence electrons. The summed E-state index contributed by atoms with van der Waals surface area (Å²) in [7, 11) is 0. The zero-order valence-corrected chi connectivity index (χ0v) is 21.7. The third kappa shape index (κ3) is 5.69. The number of hydrogen-bond donors (Lipinski definition) is 1. The summed E-state index contributed by atoms with van der Waals surface area (Å²) in [4.78, 5) is 25.8. The second kappa shape index (κ2) is 11.4. The summed E-state index contributed by atoms with van der Waals surface area (Å²) >= 11 is 6.07. The first-order valence-electron chi connectivity index (χ1n) is 12.8. The number of aromatic nitrogens is 3. The van der Waals surface area contributed by atoms with Crippen LogP contribution in [0.5, 0.6) is 5.88 Å². The quantitative estimate of drug-likeness (QED) is 0.358. The Kier molecular flexibility index (Phi) is 7.84. The highest BCUT2D eigenvalue weighted by Crippen LogP contribution is 2.27. The number of fused-ring (bicyclic) bond motifs is 1. The molecule has 5 rings (SSSR count). The third-order valence-corrected chi connectivity index (χ3v) is 7.21. The van der Waals surface area contributed by atoms with Crippen LogP contribution in [0, 0.1) is 5.92 Å². The minimum Gasteiger partial charge on any atom is -0.475 e. The number of hydrogen-bond acceptors (Lipinski definition) is 6. The highest BCUT2D eigenvalue weighted by atomic mass is 35.5. The van der Waals surface area contributed by atoms with Crippen LogP contribution in [-0.4, -0.2) is 57.4 Å². The van der Waals surface area contributed by atoms with Crippen LogP contribution in [0.25, 0.3) is 33.4 Å². The van der Waals surface area contributed by atoms with Crippen molar-refractivity contribution in [2.24, 2.45) is 5.92 Å². The topological polar surface area (TPSA) is 80.5 Å². The number of likely N-dealkylation sites (tertiary alicyclic amines) is 1. The zero-order chi connectivity index (χ0) is 25.8. The Morgan fingerprint density at radius 3 is 2.59 bits per heavy atom. The van der Waals surface area contributed by atoms with Crippen molar-refractivity contribution in [1.82, 2.24) is 19.4 Å². The number of rotatable bonds is 8. The average molecular weight is 519 g/mol. The van der Waals surface area contributed by atoms with Crippen molar-refractivity contribution in [3.8, 4) is 28.4 Å². The summed E-state index contributed by atoms with van der Waals surface area (Å²) in [5, 5.41) is 10.3. The van der Waals surface area contributed by atoms with E-state index >= 15 is 0 Å². The molecule has 1 N–H and O–H groups in total. The number of ether oxygens (including phenoxy) is 1. The van der Waals surface area contributed by atoms with E-state index in [0.29, 0.717) is 40.1 Å². The molecular formula is C29H31ClN4O3. The van der Waals surface area contributed by atoms with Gasteiger partial charge in [-0.3, -0.25) is 9.36 Å². The van der Waals surface area contributed by atoms with Crippen molar-refractivity contribution in [3.05, 3.63) is 76.2 Å². The van der Waals surface area contributed by atoms with Crippen LogP contribution in [-0.2, 0) is 6.54 Å². The molecule has 4 aromatic rings. The standard InChI is InChI=1S/C29H31ClN4O3/c1-2-33-13-3-4-20(18-33)19-34-28(23-8-12-27(31-17-23)37-15-14-35)32-26-11-7-22(16-25(26)29(34)36)21-5-9-24(30)10-6-21/h5-12,16-17,20,35H,2-4,13-15,18-19H2,1H3/t20-/m1/s1. The van der Waals surface area contributed by atoms with Gasteiger partial charge in [0.2, 0.25) is 5.88 Å². The number of nitrogens with zero attached hydrogens (tertiary/aromatic N) is 4. The lowest BCUT2D eigenvalue weighted by molar-refractivity contribution is 0.169. The smallest absolute Gasteiger partial charge is 0.261 e. The SMILES string of the molecule is CCN1CCC[C@@H](Cn2c(-c3ccc(OCCO)nc3)nc3ccc(-c4ccc(Cl)cc4)cc3c2=O)C1. The highest BCUT2D eigenvalue weighted by Gasteiger charge is 2.22. The molecule has 1 fully saturated rings. The summed E-state index contributed by atoms with van der Waals surface area (Å²) in [6, 6.07) is 17.0. The monoisotopic (exact) mass is 518 g/mol. The maximum absolute atomic E-state index is 14.0. The van der Waals surface area contributed by atoms with Gasteiger partial charge < -0.3 is 14.7 Å². The molecule has 1 aliphatic heterocycles. The molecule has 0 radical (unpaired) electrons. The van der Waals surface area contributed by atoms with Crippen LogP contribution in [0.4, 0.5) is 0 Å². The first-order chi connectivity index (χ1) is 18.1. The van der Waals surface area contributed by atoms with Gasteiger partial charge >= 0.3 is 0 Å². The van der Waals surface area contributed by atoms with Gasteiger partial charge in [-0.15, -0.1) is 0 Å². The number of benzene rings is 2. The predicted molar refractivity (Wildman–Crippen MR) is 147 cm³/mol. The molecule has 2 aromatic heterocycles. The molecule has 3 heterocycles. The lowest BCUT2D eigenvalue weighted by Crippen LogP contribution is -2.38. The fraction of sp³-hybridized carbons (Fsp3) is 0.345. The highest BCUT2D eigenvalue weighted by molar-refractivity contribution is 6.30. The van der Waals surface area contributed by atoms with Gasteiger partial charge in [-0.05, 0) is 73.3 Å². The fourth-order valence-corrected chi connectivity index (χ4v) is 5.15. The van der Waals surface area contributed by atoms with E-state index in [1.807, 2.05) is 53.1 Å². The molecule has 1 aliphatic rings. The zero-order valence-electron chi connectivity index (χ0n) is 20.9. The minimum absolute atomic E-state index is 0.0509. The van der Waals surface area contributed by atoms with Crippen LogP contribution in [0.1, 0.15) is 19.8 Å². The van der Waals surface area contributed by atoms with Gasteiger partial charge in [-0.25, -0.2) is 9.97 Å². The van der Waals surface area contributed by atoms with Gasteiger partial charge in [-0.1, -0.05) is 36.7 Å². The lowest BCUT2D eigenvalue weighted by Gasteiger charge is -2.32. The molecule has 0 unspecified atom stereocenters. The van der Waals surface area contributed by atoms with Gasteiger partial charge in [0.15, 0.2) is 0 Å². The Hall–Kier alpha value is -3.26. The molecular weight excluding hydrogens is 488 g/mol. The van der Waals surface area contributed by atoms with E-state index in [1.165, 1.54) is 0 Å². The summed E-state index contributed by atoms with van der Waals surface area (Å²) < 4.78 is 7.24. The van der Waals surface area contributed by atoms with Crippen molar-refractivity contribution in [2.75, 3.05) is 32.8 Å². The largest absolute Gasteiger partial charge is 0.475 e. The summed E-state index contributed by atoms with van der Waals surface area (Å²) in [5.41, 5.74) is 3.29. The molecule has 37 heavy (non-hydrogen) atoms. The Morgan fingerprint density at radius 2 is 1.86 bits per heavy atom. The average Bonchev–Trinajstić information content (AvgIpc) is 2.94. The lowest BCUT2D eigenvalue weighted by atomic mass is 9.97. The Balaban J connectivity index is 1.59. The van der Waals surface area contributed by atoms with Crippen molar-refractivity contribution >= 4 is 22.5 Å². The van der Waals surface area contributed by atoms with Gasteiger partial charge in [0, 0.05) is 35.9 Å². The van der Waals surface area contributed by atoms with Gasteiger partial charge in [-0.2, -0.15) is 0 Å². The first-order valence-corrected chi connectivity index (χ1v) is 13.2. The number of halogens is 1. The van der Waals surface area contributed by atoms with Crippen molar-refractivity contribution in [2.45, 2.75) is 26.3 Å². The number of piperidine rings is 1. The maximum Gasteiger partial charge on any atom is 0.261 e. The molecule has 0 bridgehead atoms. The van der Waals surface area contributed by atoms with Crippen LogP contribution in [0.15, 0.2) is 65.6 Å². The van der Waals surface area contributed by atoms with E-state index in [-0.39, 0.29) is 18.8 Å². The van der Waals surface area contributed by atoms with Gasteiger partial charge in [0.1, 0.15) is 12.4 Å². The molecule has 7 nitrogen and oxygen atoms in total. The van der Waals surface area contributed by atoms with Gasteiger partial charge in [0.25, 0.3) is 5.56 Å². The predicted octanol–water partition coefficient (Wildman–Crippen LogP) is 4.88. The number of pyridine rings is 1. The Labute approximate surface area is 221 Å². The Morgan fingerprint density at radius 1 is 1.08 bits per heavy atom. The van der Waals surface area contributed by atoms with E-state index < -0.39 is 0 Å². The van der Waals surface area contributed by atoms with Crippen LogP contribution < -0.4 is 10.3 Å². The van der Waals surface area contributed by atoms with E-state index in [2.05, 4.69) is 16.8 Å². The van der Waals surface area contributed by atoms with Crippen molar-refractivity contribution < 1.29 is 9.84 Å². The third-order valence-electron chi connectivity index (χ3n) is 6.96. The van der Waals surface area contributed by atoms with Crippen LogP contribution in [0.2, 0.25) is 5.02 Å². The van der Waals surface area contributed by atoms with E-state index in [4.69, 9.17) is 26.4 Å². The fourth-order valence-electron chi connectivity index (χ4n) is 5.03. The molecule has 0 aliphatic carbocycles. The molecule has 0 spiro atoms. The first kappa shape index (κ1) is 25.4. The molecule has 1 atom stereocenters. The van der Waals surface area contributed by atoms with E-state index in [0.717, 1.165) is 49.2 Å². The van der Waals surface area contributed by atoms with Crippen molar-refractivity contribution in [3.63, 3.8) is 0 Å². The second-order valence-electron chi connectivity index (χ2n) is 9.45. The second-order valence-corrected chi connectivity index (χ2v) is 9.89. The molecule has 2 aromatic carbocycles. The molecule has 0 saturated carbocycles. The summed E-state index contributed by atoms with van der Waals surface area (Å²) in [5.74, 6) is 1.39. The maximum atomic E-state index is 14.0. The molecule has 1 saturated heterocycles. The number of aliphatic hydroxyl groups is 1. The Bertz CT molecular complexity index is 1420. The normalized spacial score (nSPS) is 16.2. The van der Waals surface area contributed by atoms with Crippen molar-refractivity contribution in [1.29, 1.82) is 0 Å². The van der Waals surface area contributed by atoms with Crippen LogP contribution in [0.3, 0.4) is 0 Å². The number of aliphatic hydroxyl groups excluding tert-OH is 1. The molecule has 8 heteroatoms. The van der Waals surface area contributed by atoms with Gasteiger partial charge in [0.05, 0.1) is 17.5 Å². The molecule has 0 amide bonds. The van der Waals surface area contributed by atoms with Crippen LogP contribution >= 0.6 is 11.6 Å². The summed E-state index contributed by atoms with van der Waals surface area (Å²) in [6.07, 6.45) is 3.89. The van der Waals surface area contributed by atoms with E-state index in [1.54, 1.807) is 12.3 Å². The van der Waals surface area contributed by atoms with E-state index in [9.17, 15) is 4.79 Å². The minimum atomic E-state index is -0.0800.